The maximum atomic E-state index is 12.0. The van der Waals surface area contributed by atoms with Gasteiger partial charge in [-0.3, -0.25) is 4.79 Å². The SMILES string of the molecule is C=c1cccc2c1=NC(CSC1CCCOCC1)=NC2=O. The first-order valence-corrected chi connectivity index (χ1v) is 8.27. The summed E-state index contributed by atoms with van der Waals surface area (Å²) in [6.07, 6.45) is 3.32. The summed E-state index contributed by atoms with van der Waals surface area (Å²) in [5.41, 5.74) is 0.555. The first-order chi connectivity index (χ1) is 10.2. The Morgan fingerprint density at radius 2 is 2.19 bits per heavy atom. The van der Waals surface area contributed by atoms with Gasteiger partial charge in [-0.2, -0.15) is 16.8 Å². The van der Waals surface area contributed by atoms with Crippen molar-refractivity contribution in [3.05, 3.63) is 34.3 Å². The van der Waals surface area contributed by atoms with Gasteiger partial charge in [0.2, 0.25) is 0 Å². The topological polar surface area (TPSA) is 51.0 Å². The number of aliphatic imine (C=N–C) groups is 1. The normalized spacial score (nSPS) is 22.0. The largest absolute Gasteiger partial charge is 0.381 e. The summed E-state index contributed by atoms with van der Waals surface area (Å²) in [5.74, 6) is 1.08. The van der Waals surface area contributed by atoms with Crippen molar-refractivity contribution in [2.24, 2.45) is 9.98 Å². The molecule has 1 aromatic rings. The number of rotatable bonds is 3. The number of nitrogens with zero attached hydrogens (tertiary/aromatic N) is 2. The molecule has 1 saturated heterocycles. The lowest BCUT2D eigenvalue weighted by molar-refractivity contribution is 0.1000. The first kappa shape index (κ1) is 14.5. The van der Waals surface area contributed by atoms with Gasteiger partial charge in [0.05, 0.1) is 16.7 Å². The van der Waals surface area contributed by atoms with E-state index in [2.05, 4.69) is 16.6 Å². The van der Waals surface area contributed by atoms with Crippen molar-refractivity contribution in [1.29, 1.82) is 0 Å². The number of amidine groups is 1. The molecule has 1 amide bonds. The molecular weight excluding hydrogens is 284 g/mol. The zero-order chi connectivity index (χ0) is 14.7. The molecule has 1 aromatic carbocycles. The number of hydrogen-bond acceptors (Lipinski definition) is 4. The maximum absolute atomic E-state index is 12.0. The van der Waals surface area contributed by atoms with Gasteiger partial charge < -0.3 is 4.74 Å². The highest BCUT2D eigenvalue weighted by Crippen LogP contribution is 2.23. The van der Waals surface area contributed by atoms with Gasteiger partial charge >= 0.3 is 0 Å². The van der Waals surface area contributed by atoms with Gasteiger partial charge in [-0.15, -0.1) is 0 Å². The van der Waals surface area contributed by atoms with Gasteiger partial charge in [-0.05, 0) is 30.5 Å². The molecule has 0 N–H and O–H groups in total. The van der Waals surface area contributed by atoms with E-state index in [1.807, 2.05) is 23.9 Å². The minimum absolute atomic E-state index is 0.203. The predicted molar refractivity (Wildman–Crippen MR) is 85.4 cm³/mol. The average molecular weight is 302 g/mol. The number of thioether (sulfide) groups is 1. The van der Waals surface area contributed by atoms with Crippen LogP contribution in [0.2, 0.25) is 0 Å². The van der Waals surface area contributed by atoms with Crippen LogP contribution in [0.15, 0.2) is 28.2 Å². The molecule has 110 valence electrons. The summed E-state index contributed by atoms with van der Waals surface area (Å²) in [5, 5.41) is 2.02. The second kappa shape index (κ2) is 6.54. The third-order valence-corrected chi connectivity index (χ3v) is 5.04. The van der Waals surface area contributed by atoms with Gasteiger partial charge in [0.15, 0.2) is 0 Å². The van der Waals surface area contributed by atoms with Crippen LogP contribution in [-0.2, 0) is 4.74 Å². The van der Waals surface area contributed by atoms with E-state index < -0.39 is 0 Å². The summed E-state index contributed by atoms with van der Waals surface area (Å²) in [6.45, 7) is 5.63. The van der Waals surface area contributed by atoms with Crippen molar-refractivity contribution in [2.75, 3.05) is 19.0 Å². The van der Waals surface area contributed by atoms with Crippen molar-refractivity contribution >= 4 is 30.1 Å². The number of carbonyl (C=O) groups excluding carboxylic acids is 1. The number of para-hydroxylation sites is 1. The fourth-order valence-electron chi connectivity index (χ4n) is 2.53. The number of carbonyl (C=O) groups is 1. The van der Waals surface area contributed by atoms with Crippen LogP contribution in [0.25, 0.3) is 6.58 Å². The molecule has 0 aromatic heterocycles. The van der Waals surface area contributed by atoms with Gasteiger partial charge in [0, 0.05) is 18.5 Å². The highest BCUT2D eigenvalue weighted by atomic mass is 32.2. The van der Waals surface area contributed by atoms with Crippen LogP contribution >= 0.6 is 11.8 Å². The standard InChI is InChI=1S/C16H18N2O2S/c1-11-4-2-6-13-15(11)17-14(18-16(13)19)10-21-12-5-3-8-20-9-7-12/h2,4,6,12H,1,3,5,7-10H2. The molecule has 2 aliphatic rings. The van der Waals surface area contributed by atoms with Crippen LogP contribution in [0.5, 0.6) is 0 Å². The Bertz CT molecular complexity index is 676. The van der Waals surface area contributed by atoms with Crippen LogP contribution in [0.3, 0.4) is 0 Å². The summed E-state index contributed by atoms with van der Waals surface area (Å²) in [7, 11) is 0. The number of amides is 1. The number of ether oxygens (including phenoxy) is 1. The molecule has 0 bridgehead atoms. The van der Waals surface area contributed by atoms with Crippen LogP contribution in [-0.4, -0.2) is 36.0 Å². The molecule has 21 heavy (non-hydrogen) atoms. The van der Waals surface area contributed by atoms with E-state index >= 15 is 0 Å². The van der Waals surface area contributed by atoms with Gasteiger partial charge in [0.25, 0.3) is 5.91 Å². The smallest absolute Gasteiger partial charge is 0.280 e. The summed E-state index contributed by atoms with van der Waals surface area (Å²) in [4.78, 5) is 20.7. The monoisotopic (exact) mass is 302 g/mol. The van der Waals surface area contributed by atoms with E-state index in [-0.39, 0.29) is 5.91 Å². The summed E-state index contributed by atoms with van der Waals surface area (Å²) < 4.78 is 5.47. The summed E-state index contributed by atoms with van der Waals surface area (Å²) in [6, 6.07) is 5.44. The Balaban J connectivity index is 1.74. The van der Waals surface area contributed by atoms with E-state index in [1.54, 1.807) is 6.07 Å². The van der Waals surface area contributed by atoms with E-state index in [9.17, 15) is 4.79 Å². The Morgan fingerprint density at radius 3 is 3.10 bits per heavy atom. The van der Waals surface area contributed by atoms with Crippen LogP contribution in [0, 0.1) is 0 Å². The second-order valence-electron chi connectivity index (χ2n) is 5.23. The van der Waals surface area contributed by atoms with E-state index in [0.717, 1.165) is 37.7 Å². The average Bonchev–Trinajstić information content (AvgIpc) is 2.75. The lowest BCUT2D eigenvalue weighted by Crippen LogP contribution is -2.34. The number of fused-ring (bicyclic) bond motifs is 1. The Morgan fingerprint density at radius 1 is 1.29 bits per heavy atom. The van der Waals surface area contributed by atoms with Crippen molar-refractivity contribution in [3.8, 4) is 0 Å². The quantitative estimate of drug-likeness (QED) is 0.851. The number of benzene rings is 1. The lowest BCUT2D eigenvalue weighted by atomic mass is 10.1. The molecule has 1 atom stereocenters. The highest BCUT2D eigenvalue weighted by molar-refractivity contribution is 8.00. The minimum atomic E-state index is -0.203. The zero-order valence-corrected chi connectivity index (χ0v) is 12.7. The summed E-state index contributed by atoms with van der Waals surface area (Å²) >= 11 is 1.82. The number of hydrogen-bond donors (Lipinski definition) is 0. The van der Waals surface area contributed by atoms with Crippen LogP contribution < -0.4 is 10.6 Å². The molecular formula is C16H18N2O2S. The van der Waals surface area contributed by atoms with Gasteiger partial charge in [-0.25, -0.2) is 4.99 Å². The fourth-order valence-corrected chi connectivity index (χ4v) is 3.64. The molecule has 4 nitrogen and oxygen atoms in total. The lowest BCUT2D eigenvalue weighted by Gasteiger charge is -2.13. The van der Waals surface area contributed by atoms with Crippen molar-refractivity contribution in [1.82, 2.24) is 0 Å². The van der Waals surface area contributed by atoms with Gasteiger partial charge in [-0.1, -0.05) is 18.7 Å². The second-order valence-corrected chi connectivity index (χ2v) is 6.52. The molecule has 0 radical (unpaired) electrons. The maximum Gasteiger partial charge on any atom is 0.280 e. The molecule has 5 heteroatoms. The molecule has 3 rings (SSSR count). The molecule has 0 aliphatic carbocycles. The predicted octanol–water partition coefficient (Wildman–Crippen LogP) is 1.57. The van der Waals surface area contributed by atoms with E-state index in [4.69, 9.17) is 4.74 Å². The molecule has 2 heterocycles. The van der Waals surface area contributed by atoms with Crippen molar-refractivity contribution < 1.29 is 9.53 Å². The van der Waals surface area contributed by atoms with E-state index in [0.29, 0.717) is 27.8 Å². The Kier molecular flexibility index (Phi) is 4.51. The highest BCUT2D eigenvalue weighted by Gasteiger charge is 2.18. The minimum Gasteiger partial charge on any atom is -0.381 e. The molecule has 2 aliphatic heterocycles. The van der Waals surface area contributed by atoms with Crippen LogP contribution in [0.4, 0.5) is 0 Å². The first-order valence-electron chi connectivity index (χ1n) is 7.22. The Hall–Kier alpha value is -1.46. The van der Waals surface area contributed by atoms with Crippen molar-refractivity contribution in [2.45, 2.75) is 24.5 Å². The zero-order valence-electron chi connectivity index (χ0n) is 11.9. The fraction of sp³-hybridized carbons (Fsp3) is 0.438. The molecule has 1 fully saturated rings. The molecule has 0 spiro atoms. The molecule has 1 unspecified atom stereocenters. The molecule has 0 saturated carbocycles. The third kappa shape index (κ3) is 3.41. The van der Waals surface area contributed by atoms with Crippen LogP contribution in [0.1, 0.15) is 29.6 Å². The van der Waals surface area contributed by atoms with Crippen molar-refractivity contribution in [3.63, 3.8) is 0 Å². The van der Waals surface area contributed by atoms with Gasteiger partial charge in [0.1, 0.15) is 5.84 Å². The third-order valence-electron chi connectivity index (χ3n) is 3.67. The van der Waals surface area contributed by atoms with E-state index in [1.165, 1.54) is 0 Å². The Labute approximate surface area is 128 Å².